The van der Waals surface area contributed by atoms with Gasteiger partial charge in [-0.15, -0.1) is 0 Å². The minimum absolute atomic E-state index is 0.0428. The molecule has 0 aliphatic rings. The van der Waals surface area contributed by atoms with Gasteiger partial charge in [-0.2, -0.15) is 0 Å². The zero-order valence-corrected chi connectivity index (χ0v) is 10.9. The van der Waals surface area contributed by atoms with E-state index in [1.165, 1.54) is 24.3 Å². The summed E-state index contributed by atoms with van der Waals surface area (Å²) in [6.07, 6.45) is 1.51. The number of benzene rings is 1. The van der Waals surface area contributed by atoms with Crippen LogP contribution in [0.5, 0.6) is 0 Å². The van der Waals surface area contributed by atoms with Crippen LogP contribution in [0.15, 0.2) is 29.3 Å². The van der Waals surface area contributed by atoms with Crippen LogP contribution < -0.4 is 16.8 Å². The van der Waals surface area contributed by atoms with Crippen molar-refractivity contribution in [3.05, 3.63) is 39.9 Å². The minimum Gasteiger partial charge on any atom is -0.370 e. The van der Waals surface area contributed by atoms with Gasteiger partial charge in [0, 0.05) is 30.8 Å². The average Bonchev–Trinajstić information content (AvgIpc) is 2.42. The van der Waals surface area contributed by atoms with E-state index in [2.05, 4.69) is 10.3 Å². The lowest BCUT2D eigenvalue weighted by Crippen LogP contribution is -2.25. The summed E-state index contributed by atoms with van der Waals surface area (Å²) >= 11 is 0. The molecule has 8 nitrogen and oxygen atoms in total. The maximum atomic E-state index is 11.7. The largest absolute Gasteiger partial charge is 0.370 e. The molecule has 0 aliphatic carbocycles. The molecule has 20 heavy (non-hydrogen) atoms. The fraction of sp³-hybridized carbons (Fsp3) is 0.333. The average molecular weight is 279 g/mol. The molecule has 0 bridgehead atoms. The molecule has 1 aromatic carbocycles. The van der Waals surface area contributed by atoms with E-state index in [0.717, 1.165) is 12.8 Å². The van der Waals surface area contributed by atoms with Crippen molar-refractivity contribution in [3.63, 3.8) is 0 Å². The Hall–Kier alpha value is -2.64. The molecule has 0 saturated heterocycles. The van der Waals surface area contributed by atoms with Gasteiger partial charge in [-0.05, 0) is 25.0 Å². The molecule has 0 aliphatic heterocycles. The van der Waals surface area contributed by atoms with Crippen molar-refractivity contribution in [2.75, 3.05) is 13.1 Å². The highest BCUT2D eigenvalue weighted by Gasteiger charge is 2.08. The summed E-state index contributed by atoms with van der Waals surface area (Å²) in [4.78, 5) is 25.5. The van der Waals surface area contributed by atoms with Crippen LogP contribution >= 0.6 is 0 Å². The van der Waals surface area contributed by atoms with Crippen LogP contribution in [0.2, 0.25) is 0 Å². The third kappa shape index (κ3) is 5.34. The van der Waals surface area contributed by atoms with Gasteiger partial charge < -0.3 is 16.8 Å². The van der Waals surface area contributed by atoms with Crippen molar-refractivity contribution >= 4 is 17.6 Å². The highest BCUT2D eigenvalue weighted by Crippen LogP contribution is 2.11. The molecule has 0 atom stereocenters. The first-order valence-corrected chi connectivity index (χ1v) is 6.08. The zero-order valence-electron chi connectivity index (χ0n) is 10.9. The molecule has 0 unspecified atom stereocenters. The third-order valence-corrected chi connectivity index (χ3v) is 2.51. The number of hydrogen-bond acceptors (Lipinski definition) is 4. The lowest BCUT2D eigenvalue weighted by molar-refractivity contribution is -0.384. The number of rotatable bonds is 7. The molecule has 108 valence electrons. The molecule has 0 aromatic heterocycles. The standard InChI is InChI=1S/C12H17N5O3/c13-12(14)16-8-2-1-7-15-11(18)9-3-5-10(6-4-9)17(19)20/h3-6H,1-2,7-8H2,(H,15,18)(H4,13,14,16). The van der Waals surface area contributed by atoms with Crippen LogP contribution in [0, 0.1) is 10.1 Å². The molecule has 0 radical (unpaired) electrons. The van der Waals surface area contributed by atoms with Gasteiger partial charge in [0.05, 0.1) is 4.92 Å². The van der Waals surface area contributed by atoms with Crippen molar-refractivity contribution in [2.45, 2.75) is 12.8 Å². The quantitative estimate of drug-likeness (QED) is 0.218. The van der Waals surface area contributed by atoms with Crippen molar-refractivity contribution in [1.29, 1.82) is 0 Å². The highest BCUT2D eigenvalue weighted by atomic mass is 16.6. The van der Waals surface area contributed by atoms with Crippen LogP contribution in [0.25, 0.3) is 0 Å². The molecule has 0 fully saturated rings. The maximum Gasteiger partial charge on any atom is 0.269 e. The lowest BCUT2D eigenvalue weighted by atomic mass is 10.2. The van der Waals surface area contributed by atoms with E-state index in [4.69, 9.17) is 11.5 Å². The number of nitrogens with one attached hydrogen (secondary N) is 1. The summed E-state index contributed by atoms with van der Waals surface area (Å²) in [5.74, 6) is -0.207. The molecule has 0 spiro atoms. The number of nitro benzene ring substituents is 1. The number of nitrogens with two attached hydrogens (primary N) is 2. The Bertz CT molecular complexity index is 494. The smallest absolute Gasteiger partial charge is 0.269 e. The van der Waals surface area contributed by atoms with E-state index in [0.29, 0.717) is 18.7 Å². The predicted molar refractivity (Wildman–Crippen MR) is 75.3 cm³/mol. The molecular formula is C12H17N5O3. The Balaban J connectivity index is 2.32. The Morgan fingerprint density at radius 1 is 1.25 bits per heavy atom. The summed E-state index contributed by atoms with van der Waals surface area (Å²) in [5, 5.41) is 13.2. The van der Waals surface area contributed by atoms with Crippen LogP contribution in [-0.4, -0.2) is 29.9 Å². The normalized spacial score (nSPS) is 9.80. The number of carbonyl (C=O) groups excluding carboxylic acids is 1. The fourth-order valence-electron chi connectivity index (χ4n) is 1.48. The van der Waals surface area contributed by atoms with Gasteiger partial charge in [0.1, 0.15) is 0 Å². The van der Waals surface area contributed by atoms with Crippen LogP contribution in [0.4, 0.5) is 5.69 Å². The number of aliphatic imine (C=N–C) groups is 1. The summed E-state index contributed by atoms with van der Waals surface area (Å²) in [7, 11) is 0. The Morgan fingerprint density at radius 3 is 2.45 bits per heavy atom. The molecule has 0 heterocycles. The number of unbranched alkanes of at least 4 members (excludes halogenated alkanes) is 1. The second-order valence-corrected chi connectivity index (χ2v) is 4.07. The summed E-state index contributed by atoms with van der Waals surface area (Å²) in [5.41, 5.74) is 10.7. The molecular weight excluding hydrogens is 262 g/mol. The number of nitrogens with zero attached hydrogens (tertiary/aromatic N) is 2. The van der Waals surface area contributed by atoms with E-state index in [1.807, 2.05) is 0 Å². The molecule has 5 N–H and O–H groups in total. The third-order valence-electron chi connectivity index (χ3n) is 2.51. The first kappa shape index (κ1) is 15.4. The molecule has 1 rings (SSSR count). The topological polar surface area (TPSA) is 137 Å². The molecule has 1 amide bonds. The Labute approximate surface area is 116 Å². The minimum atomic E-state index is -0.509. The number of carbonyl (C=O) groups is 1. The predicted octanol–water partition coefficient (Wildman–Crippen LogP) is 0.378. The number of hydrogen-bond donors (Lipinski definition) is 3. The van der Waals surface area contributed by atoms with Crippen molar-refractivity contribution in [1.82, 2.24) is 5.32 Å². The Morgan fingerprint density at radius 2 is 1.90 bits per heavy atom. The van der Waals surface area contributed by atoms with Crippen molar-refractivity contribution in [3.8, 4) is 0 Å². The first-order valence-electron chi connectivity index (χ1n) is 6.08. The highest BCUT2D eigenvalue weighted by molar-refractivity contribution is 5.94. The van der Waals surface area contributed by atoms with Crippen LogP contribution in [0.1, 0.15) is 23.2 Å². The number of amides is 1. The summed E-state index contributed by atoms with van der Waals surface area (Å²) < 4.78 is 0. The van der Waals surface area contributed by atoms with E-state index in [1.54, 1.807) is 0 Å². The van der Waals surface area contributed by atoms with Crippen molar-refractivity contribution < 1.29 is 9.72 Å². The summed E-state index contributed by atoms with van der Waals surface area (Å²) in [6.45, 7) is 1.02. The van der Waals surface area contributed by atoms with Gasteiger partial charge in [0.2, 0.25) is 0 Å². The van der Waals surface area contributed by atoms with Crippen molar-refractivity contribution in [2.24, 2.45) is 16.5 Å². The number of non-ortho nitro benzene ring substituents is 1. The van der Waals surface area contributed by atoms with Crippen LogP contribution in [-0.2, 0) is 0 Å². The Kier molecular flexibility index (Phi) is 5.95. The monoisotopic (exact) mass is 279 g/mol. The van der Waals surface area contributed by atoms with Gasteiger partial charge >= 0.3 is 0 Å². The van der Waals surface area contributed by atoms with E-state index in [9.17, 15) is 14.9 Å². The van der Waals surface area contributed by atoms with Gasteiger partial charge in [0.15, 0.2) is 5.96 Å². The number of guanidine groups is 1. The first-order chi connectivity index (χ1) is 9.50. The molecule has 0 saturated carbocycles. The lowest BCUT2D eigenvalue weighted by Gasteiger charge is -2.04. The molecule has 8 heteroatoms. The number of nitro groups is 1. The van der Waals surface area contributed by atoms with Crippen LogP contribution in [0.3, 0.4) is 0 Å². The zero-order chi connectivity index (χ0) is 15.0. The van der Waals surface area contributed by atoms with E-state index >= 15 is 0 Å². The second-order valence-electron chi connectivity index (χ2n) is 4.07. The van der Waals surface area contributed by atoms with Gasteiger partial charge in [-0.1, -0.05) is 0 Å². The molecule has 1 aromatic rings. The van der Waals surface area contributed by atoms with E-state index in [-0.39, 0.29) is 17.6 Å². The van der Waals surface area contributed by atoms with Gasteiger partial charge in [-0.3, -0.25) is 19.9 Å². The fourth-order valence-corrected chi connectivity index (χ4v) is 1.48. The second kappa shape index (κ2) is 7.72. The van der Waals surface area contributed by atoms with E-state index < -0.39 is 4.92 Å². The summed E-state index contributed by atoms with van der Waals surface area (Å²) in [6, 6.07) is 5.45. The maximum absolute atomic E-state index is 11.7. The van der Waals surface area contributed by atoms with Gasteiger partial charge in [0.25, 0.3) is 11.6 Å². The van der Waals surface area contributed by atoms with Gasteiger partial charge in [-0.25, -0.2) is 0 Å². The SMILES string of the molecule is NC(N)=NCCCCNC(=O)c1ccc([N+](=O)[O-])cc1.